The molecule has 9 heteroatoms. The Balaban J connectivity index is 0.00000288. The Morgan fingerprint density at radius 3 is 2.83 bits per heavy atom. The Bertz CT molecular complexity index is 623. The molecule has 0 aromatic carbocycles. The first kappa shape index (κ1) is 20.8. The molecule has 0 amide bonds. The van der Waals surface area contributed by atoms with Crippen molar-refractivity contribution in [3.05, 3.63) is 28.2 Å². The first-order valence-corrected chi connectivity index (χ1v) is 8.90. The molecule has 0 aliphatic carbocycles. The van der Waals surface area contributed by atoms with Gasteiger partial charge in [0.25, 0.3) is 0 Å². The predicted octanol–water partition coefficient (Wildman–Crippen LogP) is 2.02. The Kier molecular flexibility index (Phi) is 9.84. The van der Waals surface area contributed by atoms with Gasteiger partial charge in [-0.1, -0.05) is 6.92 Å². The zero-order valence-electron chi connectivity index (χ0n) is 14.4. The number of aryl methyl sites for hydroxylation is 2. The summed E-state index contributed by atoms with van der Waals surface area (Å²) in [5, 5.41) is 17.8. The number of nitrogens with one attached hydrogen (secondary N) is 2. The zero-order valence-corrected chi connectivity index (χ0v) is 17.6. The predicted molar refractivity (Wildman–Crippen MR) is 109 cm³/mol. The van der Waals surface area contributed by atoms with Gasteiger partial charge in [-0.25, -0.2) is 4.98 Å². The summed E-state index contributed by atoms with van der Waals surface area (Å²) < 4.78 is 2.06. The summed E-state index contributed by atoms with van der Waals surface area (Å²) in [4.78, 5) is 9.06. The first-order chi connectivity index (χ1) is 11.2. The number of nitrogens with zero attached hydrogens (tertiary/aromatic N) is 5. The highest BCUT2D eigenvalue weighted by Crippen LogP contribution is 2.08. The first-order valence-electron chi connectivity index (χ1n) is 8.02. The second-order valence-electron chi connectivity index (χ2n) is 5.09. The lowest BCUT2D eigenvalue weighted by Crippen LogP contribution is -2.39. The lowest BCUT2D eigenvalue weighted by molar-refractivity contribution is 0.632. The molecule has 0 aliphatic rings. The monoisotopic (exact) mass is 463 g/mol. The van der Waals surface area contributed by atoms with Crippen LogP contribution in [0.5, 0.6) is 0 Å². The number of hydrogen-bond acceptors (Lipinski definition) is 5. The van der Waals surface area contributed by atoms with Crippen molar-refractivity contribution >= 4 is 41.3 Å². The average molecular weight is 463 g/mol. The van der Waals surface area contributed by atoms with Gasteiger partial charge >= 0.3 is 0 Å². The van der Waals surface area contributed by atoms with Gasteiger partial charge in [0, 0.05) is 44.4 Å². The summed E-state index contributed by atoms with van der Waals surface area (Å²) >= 11 is 1.68. The summed E-state index contributed by atoms with van der Waals surface area (Å²) in [6.45, 7) is 9.35. The highest BCUT2D eigenvalue weighted by molar-refractivity contribution is 14.0. The lowest BCUT2D eigenvalue weighted by atomic mass is 10.3. The second-order valence-corrected chi connectivity index (χ2v) is 6.15. The van der Waals surface area contributed by atoms with Crippen LogP contribution in [0.3, 0.4) is 0 Å². The van der Waals surface area contributed by atoms with Gasteiger partial charge in [-0.3, -0.25) is 4.99 Å². The number of aliphatic imine (C=N–C) groups is 1. The van der Waals surface area contributed by atoms with Gasteiger partial charge in [0.15, 0.2) is 5.96 Å². The van der Waals surface area contributed by atoms with Gasteiger partial charge in [-0.15, -0.1) is 45.5 Å². The van der Waals surface area contributed by atoms with Crippen molar-refractivity contribution in [2.24, 2.45) is 4.99 Å². The van der Waals surface area contributed by atoms with Crippen molar-refractivity contribution in [3.63, 3.8) is 0 Å². The fraction of sp³-hybridized carbons (Fsp3) is 0.600. The molecule has 0 saturated carbocycles. The van der Waals surface area contributed by atoms with Crippen LogP contribution >= 0.6 is 35.3 Å². The quantitative estimate of drug-likeness (QED) is 0.356. The standard InChI is InChI=1S/C15H25N7S.HI/c1-4-14-21-19-11-22(14)9-8-18-15(16-5-2)17-7-6-13-10-23-12(3)20-13;/h10-11H,4-9H2,1-3H3,(H2,16,17,18);1H. The van der Waals surface area contributed by atoms with Crippen molar-refractivity contribution in [1.29, 1.82) is 0 Å². The van der Waals surface area contributed by atoms with E-state index in [4.69, 9.17) is 0 Å². The van der Waals surface area contributed by atoms with E-state index >= 15 is 0 Å². The molecule has 2 aromatic heterocycles. The van der Waals surface area contributed by atoms with E-state index < -0.39 is 0 Å². The van der Waals surface area contributed by atoms with Crippen LogP contribution in [-0.4, -0.2) is 45.3 Å². The minimum absolute atomic E-state index is 0. The van der Waals surface area contributed by atoms with Crippen LogP contribution in [0.1, 0.15) is 30.4 Å². The van der Waals surface area contributed by atoms with Gasteiger partial charge in [0.2, 0.25) is 0 Å². The number of hydrogen-bond donors (Lipinski definition) is 2. The molecular formula is C15H26IN7S. The Morgan fingerprint density at radius 1 is 1.33 bits per heavy atom. The molecule has 134 valence electrons. The van der Waals surface area contributed by atoms with E-state index in [9.17, 15) is 0 Å². The highest BCUT2D eigenvalue weighted by Gasteiger charge is 2.02. The summed E-state index contributed by atoms with van der Waals surface area (Å²) in [7, 11) is 0. The molecule has 0 radical (unpaired) electrons. The molecule has 2 heterocycles. The molecule has 2 N–H and O–H groups in total. The largest absolute Gasteiger partial charge is 0.357 e. The fourth-order valence-corrected chi connectivity index (χ4v) is 2.83. The van der Waals surface area contributed by atoms with E-state index in [1.807, 2.05) is 6.92 Å². The van der Waals surface area contributed by atoms with E-state index in [1.165, 1.54) is 0 Å². The molecule has 0 bridgehead atoms. The number of guanidine groups is 1. The van der Waals surface area contributed by atoms with Crippen LogP contribution in [0.25, 0.3) is 0 Å². The number of aromatic nitrogens is 4. The van der Waals surface area contributed by atoms with Gasteiger partial charge < -0.3 is 15.2 Å². The molecule has 7 nitrogen and oxygen atoms in total. The van der Waals surface area contributed by atoms with Crippen molar-refractivity contribution in [3.8, 4) is 0 Å². The Labute approximate surface area is 164 Å². The number of thiazole rings is 1. The van der Waals surface area contributed by atoms with Crippen LogP contribution in [-0.2, 0) is 19.4 Å². The molecular weight excluding hydrogens is 437 g/mol. The fourth-order valence-electron chi connectivity index (χ4n) is 2.18. The van der Waals surface area contributed by atoms with Crippen LogP contribution in [0.4, 0.5) is 0 Å². The normalized spacial score (nSPS) is 11.2. The molecule has 0 atom stereocenters. The van der Waals surface area contributed by atoms with E-state index in [0.29, 0.717) is 0 Å². The molecule has 0 spiro atoms. The van der Waals surface area contributed by atoms with Gasteiger partial charge in [-0.2, -0.15) is 0 Å². The summed E-state index contributed by atoms with van der Waals surface area (Å²) in [5.41, 5.74) is 1.11. The van der Waals surface area contributed by atoms with E-state index in [0.717, 1.165) is 61.5 Å². The third-order valence-corrected chi connectivity index (χ3v) is 4.13. The number of rotatable bonds is 8. The third kappa shape index (κ3) is 6.71. The van der Waals surface area contributed by atoms with Crippen molar-refractivity contribution < 1.29 is 0 Å². The summed E-state index contributed by atoms with van der Waals surface area (Å²) in [6.07, 6.45) is 3.53. The minimum atomic E-state index is 0. The summed E-state index contributed by atoms with van der Waals surface area (Å²) in [5.74, 6) is 1.85. The van der Waals surface area contributed by atoms with E-state index in [1.54, 1.807) is 17.7 Å². The lowest BCUT2D eigenvalue weighted by Gasteiger charge is -2.12. The van der Waals surface area contributed by atoms with Gasteiger partial charge in [0.05, 0.1) is 10.7 Å². The Hall–Kier alpha value is -1.23. The molecule has 0 unspecified atom stereocenters. The summed E-state index contributed by atoms with van der Waals surface area (Å²) in [6, 6.07) is 0. The SMILES string of the molecule is CCNC(=NCCc1csc(C)n1)NCCn1cnnc1CC.I. The van der Waals surface area contributed by atoms with E-state index in [-0.39, 0.29) is 24.0 Å². The maximum atomic E-state index is 4.60. The van der Waals surface area contributed by atoms with Crippen molar-refractivity contribution in [2.45, 2.75) is 40.2 Å². The topological polar surface area (TPSA) is 80.0 Å². The van der Waals surface area contributed by atoms with Crippen molar-refractivity contribution in [2.75, 3.05) is 19.6 Å². The minimum Gasteiger partial charge on any atom is -0.357 e. The molecule has 2 rings (SSSR count). The Morgan fingerprint density at radius 2 is 2.17 bits per heavy atom. The van der Waals surface area contributed by atoms with Crippen LogP contribution in [0, 0.1) is 6.92 Å². The second kappa shape index (κ2) is 11.3. The average Bonchev–Trinajstić information content (AvgIpc) is 3.16. The third-order valence-electron chi connectivity index (χ3n) is 3.31. The van der Waals surface area contributed by atoms with Crippen LogP contribution in [0.2, 0.25) is 0 Å². The van der Waals surface area contributed by atoms with Crippen LogP contribution < -0.4 is 10.6 Å². The number of halogens is 1. The maximum Gasteiger partial charge on any atom is 0.191 e. The molecule has 2 aromatic rings. The molecule has 0 fully saturated rings. The molecule has 0 saturated heterocycles. The zero-order chi connectivity index (χ0) is 16.5. The van der Waals surface area contributed by atoms with Crippen LogP contribution in [0.15, 0.2) is 16.7 Å². The van der Waals surface area contributed by atoms with Gasteiger partial charge in [0.1, 0.15) is 12.2 Å². The van der Waals surface area contributed by atoms with Crippen molar-refractivity contribution in [1.82, 2.24) is 30.4 Å². The molecule has 24 heavy (non-hydrogen) atoms. The van der Waals surface area contributed by atoms with E-state index in [2.05, 4.69) is 54.6 Å². The highest BCUT2D eigenvalue weighted by atomic mass is 127. The molecule has 0 aliphatic heterocycles. The van der Waals surface area contributed by atoms with Gasteiger partial charge in [-0.05, 0) is 13.8 Å². The maximum absolute atomic E-state index is 4.60. The smallest absolute Gasteiger partial charge is 0.191 e.